The number of halogens is 2. The van der Waals surface area contributed by atoms with E-state index in [-0.39, 0.29) is 16.5 Å². The minimum absolute atomic E-state index is 0.0373. The van der Waals surface area contributed by atoms with Crippen molar-refractivity contribution in [2.45, 2.75) is 25.3 Å². The van der Waals surface area contributed by atoms with Crippen LogP contribution in [0.1, 0.15) is 29.6 Å². The second kappa shape index (κ2) is 6.22. The highest BCUT2D eigenvalue weighted by molar-refractivity contribution is 6.30. The first-order valence-corrected chi connectivity index (χ1v) is 6.76. The van der Waals surface area contributed by atoms with E-state index in [0.29, 0.717) is 13.0 Å². The van der Waals surface area contributed by atoms with Crippen molar-refractivity contribution in [2.75, 3.05) is 13.7 Å². The van der Waals surface area contributed by atoms with Crippen LogP contribution in [0.4, 0.5) is 4.39 Å². The van der Waals surface area contributed by atoms with Gasteiger partial charge in [-0.05, 0) is 37.5 Å². The van der Waals surface area contributed by atoms with Crippen LogP contribution in [0.5, 0.6) is 0 Å². The normalized spacial score (nSPS) is 18.8. The Labute approximate surface area is 121 Å². The van der Waals surface area contributed by atoms with Gasteiger partial charge in [-0.1, -0.05) is 11.6 Å². The van der Waals surface area contributed by atoms with Gasteiger partial charge in [0.2, 0.25) is 0 Å². The number of carbonyl (C=O) groups excluding carboxylic acids is 2. The molecule has 1 amide bonds. The molecule has 0 saturated carbocycles. The van der Waals surface area contributed by atoms with Crippen LogP contribution in [0.15, 0.2) is 18.2 Å². The van der Waals surface area contributed by atoms with E-state index < -0.39 is 17.8 Å². The standard InChI is InChI=1S/C14H15ClFNO3/c1-20-14(19)12-4-2-3-7-17(12)13(18)9-5-6-10(15)11(16)8-9/h5-6,8,12H,2-4,7H2,1H3. The Kier molecular flexibility index (Phi) is 4.60. The predicted molar refractivity (Wildman–Crippen MR) is 72.1 cm³/mol. The van der Waals surface area contributed by atoms with Crippen LogP contribution >= 0.6 is 11.6 Å². The minimum Gasteiger partial charge on any atom is -0.467 e. The molecule has 1 aromatic rings. The first-order valence-electron chi connectivity index (χ1n) is 6.38. The van der Waals surface area contributed by atoms with Crippen LogP contribution in [0.25, 0.3) is 0 Å². The number of likely N-dealkylation sites (tertiary alicyclic amines) is 1. The quantitative estimate of drug-likeness (QED) is 0.789. The highest BCUT2D eigenvalue weighted by atomic mass is 35.5. The molecular weight excluding hydrogens is 285 g/mol. The summed E-state index contributed by atoms with van der Waals surface area (Å²) in [6, 6.07) is 3.28. The van der Waals surface area contributed by atoms with Gasteiger partial charge < -0.3 is 9.64 Å². The Bertz CT molecular complexity index is 535. The molecule has 0 aliphatic carbocycles. The Morgan fingerprint density at radius 1 is 1.40 bits per heavy atom. The zero-order valence-electron chi connectivity index (χ0n) is 11.1. The molecule has 0 spiro atoms. The number of nitrogens with zero attached hydrogens (tertiary/aromatic N) is 1. The summed E-state index contributed by atoms with van der Waals surface area (Å²) in [5.41, 5.74) is 0.183. The topological polar surface area (TPSA) is 46.6 Å². The first kappa shape index (κ1) is 14.8. The molecule has 6 heteroatoms. The number of ether oxygens (including phenoxy) is 1. The van der Waals surface area contributed by atoms with Crippen molar-refractivity contribution in [3.8, 4) is 0 Å². The molecule has 108 valence electrons. The molecule has 0 aromatic heterocycles. The van der Waals surface area contributed by atoms with Gasteiger partial charge in [0.25, 0.3) is 5.91 Å². The fourth-order valence-corrected chi connectivity index (χ4v) is 2.47. The molecule has 1 heterocycles. The van der Waals surface area contributed by atoms with E-state index in [9.17, 15) is 14.0 Å². The van der Waals surface area contributed by atoms with Crippen LogP contribution in [-0.2, 0) is 9.53 Å². The van der Waals surface area contributed by atoms with Crippen molar-refractivity contribution in [1.82, 2.24) is 4.90 Å². The number of benzene rings is 1. The molecule has 2 rings (SSSR count). The lowest BCUT2D eigenvalue weighted by Crippen LogP contribution is -2.48. The molecule has 1 unspecified atom stereocenters. The lowest BCUT2D eigenvalue weighted by Gasteiger charge is -2.33. The van der Waals surface area contributed by atoms with Crippen LogP contribution in [0.2, 0.25) is 5.02 Å². The maximum absolute atomic E-state index is 13.4. The van der Waals surface area contributed by atoms with E-state index in [1.807, 2.05) is 0 Å². The van der Waals surface area contributed by atoms with Crippen molar-refractivity contribution < 1.29 is 18.7 Å². The van der Waals surface area contributed by atoms with Gasteiger partial charge >= 0.3 is 5.97 Å². The smallest absolute Gasteiger partial charge is 0.328 e. The molecule has 0 bridgehead atoms. The summed E-state index contributed by atoms with van der Waals surface area (Å²) in [5.74, 6) is -1.47. The fraction of sp³-hybridized carbons (Fsp3) is 0.429. The zero-order valence-corrected chi connectivity index (χ0v) is 11.8. The van der Waals surface area contributed by atoms with Crippen molar-refractivity contribution in [3.63, 3.8) is 0 Å². The van der Waals surface area contributed by atoms with E-state index in [1.165, 1.54) is 24.1 Å². The Hall–Kier alpha value is -1.62. The van der Waals surface area contributed by atoms with E-state index in [4.69, 9.17) is 16.3 Å². The third-order valence-electron chi connectivity index (χ3n) is 3.40. The van der Waals surface area contributed by atoms with Gasteiger partial charge in [-0.3, -0.25) is 4.79 Å². The van der Waals surface area contributed by atoms with Gasteiger partial charge in [0.1, 0.15) is 11.9 Å². The van der Waals surface area contributed by atoms with Gasteiger partial charge in [0.05, 0.1) is 12.1 Å². The number of methoxy groups -OCH3 is 1. The summed E-state index contributed by atoms with van der Waals surface area (Å²) >= 11 is 5.60. The Morgan fingerprint density at radius 3 is 2.80 bits per heavy atom. The molecule has 1 atom stereocenters. The third kappa shape index (κ3) is 2.93. The van der Waals surface area contributed by atoms with Gasteiger partial charge in [-0.2, -0.15) is 0 Å². The highest BCUT2D eigenvalue weighted by Crippen LogP contribution is 2.22. The first-order chi connectivity index (χ1) is 9.54. The zero-order chi connectivity index (χ0) is 14.7. The van der Waals surface area contributed by atoms with E-state index in [1.54, 1.807) is 0 Å². The molecule has 1 saturated heterocycles. The maximum Gasteiger partial charge on any atom is 0.328 e. The van der Waals surface area contributed by atoms with Crippen molar-refractivity contribution in [3.05, 3.63) is 34.6 Å². The van der Waals surface area contributed by atoms with Crippen LogP contribution in [-0.4, -0.2) is 36.5 Å². The van der Waals surface area contributed by atoms with E-state index in [0.717, 1.165) is 18.9 Å². The van der Waals surface area contributed by atoms with Crippen LogP contribution in [0.3, 0.4) is 0 Å². The van der Waals surface area contributed by atoms with Gasteiger partial charge in [0, 0.05) is 12.1 Å². The molecule has 1 fully saturated rings. The number of hydrogen-bond acceptors (Lipinski definition) is 3. The predicted octanol–water partition coefficient (Wildman–Crippen LogP) is 2.65. The van der Waals surface area contributed by atoms with Gasteiger partial charge in [0.15, 0.2) is 0 Å². The van der Waals surface area contributed by atoms with Crippen molar-refractivity contribution >= 4 is 23.5 Å². The summed E-state index contributed by atoms with van der Waals surface area (Å²) in [4.78, 5) is 25.6. The number of amides is 1. The summed E-state index contributed by atoms with van der Waals surface area (Å²) in [7, 11) is 1.29. The lowest BCUT2D eigenvalue weighted by atomic mass is 10.0. The number of piperidine rings is 1. The Morgan fingerprint density at radius 2 is 2.15 bits per heavy atom. The number of rotatable bonds is 2. The number of esters is 1. The molecule has 1 aromatic carbocycles. The second-order valence-corrected chi connectivity index (χ2v) is 5.07. The third-order valence-corrected chi connectivity index (χ3v) is 3.71. The number of hydrogen-bond donors (Lipinski definition) is 0. The largest absolute Gasteiger partial charge is 0.467 e. The van der Waals surface area contributed by atoms with Gasteiger partial charge in [-0.15, -0.1) is 0 Å². The minimum atomic E-state index is -0.649. The van der Waals surface area contributed by atoms with Gasteiger partial charge in [-0.25, -0.2) is 9.18 Å². The maximum atomic E-state index is 13.4. The molecule has 4 nitrogen and oxygen atoms in total. The van der Waals surface area contributed by atoms with E-state index in [2.05, 4.69) is 0 Å². The monoisotopic (exact) mass is 299 g/mol. The molecule has 1 aliphatic heterocycles. The summed E-state index contributed by atoms with van der Waals surface area (Å²) in [5, 5.41) is -0.0373. The molecule has 0 radical (unpaired) electrons. The molecule has 1 aliphatic rings. The summed E-state index contributed by atoms with van der Waals surface area (Å²) < 4.78 is 18.2. The Balaban J connectivity index is 2.25. The summed E-state index contributed by atoms with van der Waals surface area (Å²) in [6.07, 6.45) is 2.24. The molecular formula is C14H15ClFNO3. The summed E-state index contributed by atoms with van der Waals surface area (Å²) in [6.45, 7) is 0.461. The SMILES string of the molecule is COC(=O)C1CCCCN1C(=O)c1ccc(Cl)c(F)c1. The fourth-order valence-electron chi connectivity index (χ4n) is 2.35. The van der Waals surface area contributed by atoms with Crippen molar-refractivity contribution in [2.24, 2.45) is 0 Å². The lowest BCUT2D eigenvalue weighted by molar-refractivity contribution is -0.147. The van der Waals surface area contributed by atoms with E-state index >= 15 is 0 Å². The molecule has 0 N–H and O–H groups in total. The average molecular weight is 300 g/mol. The highest BCUT2D eigenvalue weighted by Gasteiger charge is 2.33. The number of carbonyl (C=O) groups is 2. The average Bonchev–Trinajstić information content (AvgIpc) is 2.48. The van der Waals surface area contributed by atoms with Crippen LogP contribution < -0.4 is 0 Å². The molecule has 20 heavy (non-hydrogen) atoms. The van der Waals surface area contributed by atoms with Crippen LogP contribution in [0, 0.1) is 5.82 Å². The van der Waals surface area contributed by atoms with Crippen molar-refractivity contribution in [1.29, 1.82) is 0 Å². The second-order valence-electron chi connectivity index (χ2n) is 4.66.